The highest BCUT2D eigenvalue weighted by molar-refractivity contribution is 5.96. The van der Waals surface area contributed by atoms with Gasteiger partial charge in [0.2, 0.25) is 5.91 Å². The van der Waals surface area contributed by atoms with Crippen molar-refractivity contribution >= 4 is 17.6 Å². The first-order chi connectivity index (χ1) is 9.58. The zero-order valence-electron chi connectivity index (χ0n) is 11.6. The maximum Gasteiger partial charge on any atom is 0.315 e. The summed E-state index contributed by atoms with van der Waals surface area (Å²) in [6.45, 7) is 2.65. The van der Waals surface area contributed by atoms with E-state index in [0.29, 0.717) is 13.1 Å². The van der Waals surface area contributed by atoms with Gasteiger partial charge in [0.1, 0.15) is 5.92 Å². The lowest BCUT2D eigenvalue weighted by Crippen LogP contribution is -2.48. The van der Waals surface area contributed by atoms with Crippen LogP contribution >= 0.6 is 0 Å². The van der Waals surface area contributed by atoms with Crippen LogP contribution in [0.15, 0.2) is 30.3 Å². The smallest absolute Gasteiger partial charge is 0.315 e. The van der Waals surface area contributed by atoms with E-state index in [9.17, 15) is 9.59 Å². The van der Waals surface area contributed by atoms with Gasteiger partial charge in [-0.25, -0.2) is 0 Å². The summed E-state index contributed by atoms with van der Waals surface area (Å²) in [6, 6.07) is 10.0. The fourth-order valence-electron chi connectivity index (χ4n) is 2.44. The molecule has 2 atom stereocenters. The summed E-state index contributed by atoms with van der Waals surface area (Å²) in [5, 5.41) is 12.3. The number of rotatable bonds is 4. The third kappa shape index (κ3) is 3.50. The molecule has 1 aliphatic rings. The molecule has 1 saturated heterocycles. The lowest BCUT2D eigenvalue weighted by Gasteiger charge is -2.34. The largest absolute Gasteiger partial charge is 0.481 e. The molecule has 2 N–H and O–H groups in total. The maximum atomic E-state index is 12.1. The quantitative estimate of drug-likeness (QED) is 0.823. The summed E-state index contributed by atoms with van der Waals surface area (Å²) in [5.74, 6) is -2.32. The Labute approximate surface area is 118 Å². The van der Waals surface area contributed by atoms with Gasteiger partial charge in [-0.1, -0.05) is 18.2 Å². The van der Waals surface area contributed by atoms with Crippen molar-refractivity contribution in [2.24, 2.45) is 5.92 Å². The van der Waals surface area contributed by atoms with Crippen LogP contribution in [0.4, 0.5) is 5.69 Å². The number of piperidine rings is 1. The van der Waals surface area contributed by atoms with Gasteiger partial charge in [0.05, 0.1) is 0 Å². The van der Waals surface area contributed by atoms with Crippen LogP contribution in [-0.2, 0) is 9.59 Å². The number of para-hydroxylation sites is 1. The first-order valence-electron chi connectivity index (χ1n) is 6.91. The summed E-state index contributed by atoms with van der Waals surface area (Å²) in [7, 11) is 0. The molecule has 20 heavy (non-hydrogen) atoms. The highest BCUT2D eigenvalue weighted by Crippen LogP contribution is 2.17. The minimum Gasteiger partial charge on any atom is -0.481 e. The molecule has 2 unspecified atom stereocenters. The second-order valence-corrected chi connectivity index (χ2v) is 5.19. The second-order valence-electron chi connectivity index (χ2n) is 5.19. The predicted molar refractivity (Wildman–Crippen MR) is 76.5 cm³/mol. The van der Waals surface area contributed by atoms with Crippen molar-refractivity contribution in [2.75, 3.05) is 18.4 Å². The number of hydrogen-bond acceptors (Lipinski definition) is 3. The molecular formula is C15H20N2O3. The van der Waals surface area contributed by atoms with E-state index < -0.39 is 11.9 Å². The highest BCUT2D eigenvalue weighted by Gasteiger charge is 2.29. The van der Waals surface area contributed by atoms with Gasteiger partial charge in [-0.2, -0.15) is 0 Å². The summed E-state index contributed by atoms with van der Waals surface area (Å²) in [5.41, 5.74) is 1.03. The van der Waals surface area contributed by atoms with Gasteiger partial charge >= 0.3 is 5.97 Å². The summed E-state index contributed by atoms with van der Waals surface area (Å²) >= 11 is 0. The lowest BCUT2D eigenvalue weighted by atomic mass is 10.0. The Kier molecular flexibility index (Phi) is 4.61. The molecule has 1 heterocycles. The Bertz CT molecular complexity index is 475. The molecule has 5 heteroatoms. The standard InChI is InChI=1S/C15H20N2O3/c1-11(15(19)20)14(18)17-9-5-8-13(10-17)16-12-6-3-2-4-7-12/h2-4,6-7,11,13,16H,5,8-10H2,1H3,(H,19,20). The maximum absolute atomic E-state index is 12.1. The van der Waals surface area contributed by atoms with Gasteiger partial charge in [-0.15, -0.1) is 0 Å². The molecule has 1 fully saturated rings. The average Bonchev–Trinajstić information content (AvgIpc) is 2.47. The highest BCUT2D eigenvalue weighted by atomic mass is 16.4. The number of aliphatic carboxylic acids is 1. The number of hydrogen-bond donors (Lipinski definition) is 2. The van der Waals surface area contributed by atoms with Gasteiger partial charge in [0.25, 0.3) is 0 Å². The van der Waals surface area contributed by atoms with Crippen molar-refractivity contribution in [3.05, 3.63) is 30.3 Å². The minimum atomic E-state index is -1.06. The predicted octanol–water partition coefficient (Wildman–Crippen LogP) is 1.81. The van der Waals surface area contributed by atoms with Gasteiger partial charge in [-0.3, -0.25) is 9.59 Å². The molecule has 0 aromatic heterocycles. The Hall–Kier alpha value is -2.04. The first-order valence-corrected chi connectivity index (χ1v) is 6.91. The van der Waals surface area contributed by atoms with Gasteiger partial charge in [0.15, 0.2) is 0 Å². The number of carbonyl (C=O) groups excluding carboxylic acids is 1. The molecule has 0 saturated carbocycles. The number of benzene rings is 1. The number of likely N-dealkylation sites (tertiary alicyclic amines) is 1. The zero-order valence-corrected chi connectivity index (χ0v) is 11.6. The molecule has 0 radical (unpaired) electrons. The fraction of sp³-hybridized carbons (Fsp3) is 0.467. The molecule has 0 spiro atoms. The second kappa shape index (κ2) is 6.41. The summed E-state index contributed by atoms with van der Waals surface area (Å²) < 4.78 is 0. The van der Waals surface area contributed by atoms with E-state index >= 15 is 0 Å². The molecule has 1 amide bonds. The molecule has 1 aliphatic heterocycles. The van der Waals surface area contributed by atoms with E-state index in [1.165, 1.54) is 6.92 Å². The normalized spacial score (nSPS) is 20.2. The summed E-state index contributed by atoms with van der Waals surface area (Å²) in [6.07, 6.45) is 1.88. The first kappa shape index (κ1) is 14.4. The number of carboxylic acids is 1. The number of carbonyl (C=O) groups is 2. The van der Waals surface area contributed by atoms with E-state index in [4.69, 9.17) is 5.11 Å². The lowest BCUT2D eigenvalue weighted by molar-refractivity contribution is -0.150. The fourth-order valence-corrected chi connectivity index (χ4v) is 2.44. The van der Waals surface area contributed by atoms with Crippen molar-refractivity contribution in [3.8, 4) is 0 Å². The van der Waals surface area contributed by atoms with E-state index in [1.807, 2.05) is 30.3 Å². The Morgan fingerprint density at radius 2 is 2.05 bits per heavy atom. The molecule has 1 aromatic rings. The SMILES string of the molecule is CC(C(=O)O)C(=O)N1CCCC(Nc2ccccc2)C1. The Morgan fingerprint density at radius 3 is 2.70 bits per heavy atom. The average molecular weight is 276 g/mol. The number of carboxylic acid groups (broad SMARTS) is 1. The van der Waals surface area contributed by atoms with Crippen molar-refractivity contribution in [1.82, 2.24) is 4.90 Å². The molecule has 5 nitrogen and oxygen atoms in total. The zero-order chi connectivity index (χ0) is 14.5. The van der Waals surface area contributed by atoms with E-state index in [1.54, 1.807) is 4.90 Å². The summed E-state index contributed by atoms with van der Waals surface area (Å²) in [4.78, 5) is 24.6. The third-order valence-corrected chi connectivity index (χ3v) is 3.62. The Balaban J connectivity index is 1.95. The molecule has 2 rings (SSSR count). The van der Waals surface area contributed by atoms with Crippen LogP contribution in [0.1, 0.15) is 19.8 Å². The third-order valence-electron chi connectivity index (χ3n) is 3.62. The number of anilines is 1. The van der Waals surface area contributed by atoms with Gasteiger partial charge < -0.3 is 15.3 Å². The molecule has 0 aliphatic carbocycles. The number of nitrogens with zero attached hydrogens (tertiary/aromatic N) is 1. The van der Waals surface area contributed by atoms with Crippen LogP contribution in [-0.4, -0.2) is 41.0 Å². The van der Waals surface area contributed by atoms with E-state index in [2.05, 4.69) is 5.32 Å². The van der Waals surface area contributed by atoms with Gasteiger partial charge in [0, 0.05) is 24.8 Å². The number of nitrogens with one attached hydrogen (secondary N) is 1. The minimum absolute atomic E-state index is 0.177. The Morgan fingerprint density at radius 1 is 1.35 bits per heavy atom. The van der Waals surface area contributed by atoms with Crippen molar-refractivity contribution in [2.45, 2.75) is 25.8 Å². The van der Waals surface area contributed by atoms with Gasteiger partial charge in [-0.05, 0) is 31.9 Å². The molecule has 1 aromatic carbocycles. The van der Waals surface area contributed by atoms with E-state index in [0.717, 1.165) is 18.5 Å². The van der Waals surface area contributed by atoms with E-state index in [-0.39, 0.29) is 11.9 Å². The van der Waals surface area contributed by atoms with Crippen LogP contribution < -0.4 is 5.32 Å². The number of amides is 1. The molecule has 0 bridgehead atoms. The van der Waals surface area contributed by atoms with Crippen molar-refractivity contribution in [3.63, 3.8) is 0 Å². The molecular weight excluding hydrogens is 256 g/mol. The van der Waals surface area contributed by atoms with Crippen LogP contribution in [0.3, 0.4) is 0 Å². The van der Waals surface area contributed by atoms with Crippen molar-refractivity contribution < 1.29 is 14.7 Å². The van der Waals surface area contributed by atoms with Crippen LogP contribution in [0, 0.1) is 5.92 Å². The topological polar surface area (TPSA) is 69.6 Å². The van der Waals surface area contributed by atoms with Crippen LogP contribution in [0.25, 0.3) is 0 Å². The molecule has 108 valence electrons. The van der Waals surface area contributed by atoms with Crippen molar-refractivity contribution in [1.29, 1.82) is 0 Å². The van der Waals surface area contributed by atoms with Crippen LogP contribution in [0.5, 0.6) is 0 Å². The monoisotopic (exact) mass is 276 g/mol. The van der Waals surface area contributed by atoms with Crippen LogP contribution in [0.2, 0.25) is 0 Å².